The van der Waals surface area contributed by atoms with Crippen LogP contribution in [0.5, 0.6) is 0 Å². The summed E-state index contributed by atoms with van der Waals surface area (Å²) in [5.41, 5.74) is 5.12. The van der Waals surface area contributed by atoms with E-state index in [0.29, 0.717) is 13.2 Å². The molecule has 106 valence electrons. The van der Waals surface area contributed by atoms with Gasteiger partial charge >= 0.3 is 0 Å². The van der Waals surface area contributed by atoms with Crippen LogP contribution in [0.25, 0.3) is 0 Å². The summed E-state index contributed by atoms with van der Waals surface area (Å²) in [5, 5.41) is 3.35. The molecular weight excluding hydrogens is 246 g/mol. The van der Waals surface area contributed by atoms with Crippen molar-refractivity contribution in [1.29, 1.82) is 0 Å². The van der Waals surface area contributed by atoms with E-state index in [1.807, 2.05) is 25.2 Å². The average molecular weight is 269 g/mol. The van der Waals surface area contributed by atoms with E-state index in [4.69, 9.17) is 4.74 Å². The minimum atomic E-state index is 0.235. The Kier molecular flexibility index (Phi) is 5.33. The van der Waals surface area contributed by atoms with Crippen molar-refractivity contribution in [2.75, 3.05) is 13.7 Å². The molecule has 1 unspecified atom stereocenters. The van der Waals surface area contributed by atoms with Crippen molar-refractivity contribution in [3.63, 3.8) is 0 Å². The fraction of sp³-hybridized carbons (Fsp3) is 0.333. The molecule has 2 aromatic rings. The zero-order valence-corrected chi connectivity index (χ0v) is 12.5. The lowest BCUT2D eigenvalue weighted by Gasteiger charge is -2.19. The maximum Gasteiger partial charge on any atom is 0.0717 e. The van der Waals surface area contributed by atoms with E-state index in [9.17, 15) is 0 Å². The van der Waals surface area contributed by atoms with Crippen LogP contribution >= 0.6 is 0 Å². The molecule has 0 saturated heterocycles. The normalized spacial score (nSPS) is 12.3. The molecule has 2 nitrogen and oxygen atoms in total. The van der Waals surface area contributed by atoms with Crippen LogP contribution in [-0.2, 0) is 11.3 Å². The van der Waals surface area contributed by atoms with Gasteiger partial charge in [0.1, 0.15) is 0 Å². The number of hydrogen-bond donors (Lipinski definition) is 1. The number of nitrogens with one attached hydrogen (secondary N) is 1. The second-order valence-electron chi connectivity index (χ2n) is 5.20. The van der Waals surface area contributed by atoms with Crippen LogP contribution in [0, 0.1) is 13.8 Å². The first-order valence-electron chi connectivity index (χ1n) is 7.07. The standard InChI is InChI=1S/C18H23NO/c1-14-9-10-15(2)17(11-14)18(19-3)13-20-12-16-7-5-4-6-8-16/h4-11,18-19H,12-13H2,1-3H3. The van der Waals surface area contributed by atoms with Crippen molar-refractivity contribution >= 4 is 0 Å². The Hall–Kier alpha value is -1.64. The van der Waals surface area contributed by atoms with Gasteiger partial charge in [0.25, 0.3) is 0 Å². The van der Waals surface area contributed by atoms with E-state index < -0.39 is 0 Å². The molecule has 0 fully saturated rings. The summed E-state index contributed by atoms with van der Waals surface area (Å²) in [6.45, 7) is 5.61. The topological polar surface area (TPSA) is 21.3 Å². The van der Waals surface area contributed by atoms with Gasteiger partial charge in [0, 0.05) is 0 Å². The first-order chi connectivity index (χ1) is 9.70. The van der Waals surface area contributed by atoms with E-state index in [-0.39, 0.29) is 6.04 Å². The monoisotopic (exact) mass is 269 g/mol. The summed E-state index contributed by atoms with van der Waals surface area (Å²) in [5.74, 6) is 0. The van der Waals surface area contributed by atoms with Gasteiger partial charge in [0.05, 0.1) is 19.3 Å². The second-order valence-corrected chi connectivity index (χ2v) is 5.20. The first-order valence-corrected chi connectivity index (χ1v) is 7.07. The van der Waals surface area contributed by atoms with Gasteiger partial charge in [-0.2, -0.15) is 0 Å². The van der Waals surface area contributed by atoms with Gasteiger partial charge in [-0.3, -0.25) is 0 Å². The van der Waals surface area contributed by atoms with Crippen molar-refractivity contribution in [1.82, 2.24) is 5.32 Å². The lowest BCUT2D eigenvalue weighted by molar-refractivity contribution is 0.100. The maximum absolute atomic E-state index is 5.86. The predicted molar refractivity (Wildman–Crippen MR) is 83.8 cm³/mol. The van der Waals surface area contributed by atoms with E-state index in [1.54, 1.807) is 0 Å². The Morgan fingerprint density at radius 1 is 1.05 bits per heavy atom. The molecule has 1 atom stereocenters. The van der Waals surface area contributed by atoms with Crippen molar-refractivity contribution < 1.29 is 4.74 Å². The molecule has 0 bridgehead atoms. The van der Waals surface area contributed by atoms with Crippen LogP contribution in [0.3, 0.4) is 0 Å². The van der Waals surface area contributed by atoms with Crippen LogP contribution in [-0.4, -0.2) is 13.7 Å². The number of likely N-dealkylation sites (N-methyl/N-ethyl adjacent to an activating group) is 1. The molecule has 1 N–H and O–H groups in total. The minimum Gasteiger partial charge on any atom is -0.375 e. The number of ether oxygens (including phenoxy) is 1. The van der Waals surface area contributed by atoms with E-state index in [0.717, 1.165) is 0 Å². The third-order valence-electron chi connectivity index (χ3n) is 3.55. The molecule has 0 aliphatic heterocycles. The Labute approximate surface area is 121 Å². The smallest absolute Gasteiger partial charge is 0.0717 e. The van der Waals surface area contributed by atoms with E-state index >= 15 is 0 Å². The molecule has 2 rings (SSSR count). The molecule has 2 heteroatoms. The van der Waals surface area contributed by atoms with Crippen LogP contribution in [0.1, 0.15) is 28.3 Å². The van der Waals surface area contributed by atoms with Crippen molar-refractivity contribution in [3.8, 4) is 0 Å². The molecule has 0 saturated carbocycles. The highest BCUT2D eigenvalue weighted by Gasteiger charge is 2.12. The zero-order valence-electron chi connectivity index (χ0n) is 12.5. The van der Waals surface area contributed by atoms with Gasteiger partial charge in [-0.05, 0) is 37.6 Å². The Morgan fingerprint density at radius 3 is 2.50 bits per heavy atom. The van der Waals surface area contributed by atoms with Crippen LogP contribution in [0.4, 0.5) is 0 Å². The molecule has 0 radical (unpaired) electrons. The fourth-order valence-corrected chi connectivity index (χ4v) is 2.33. The Bertz CT molecular complexity index is 536. The summed E-state index contributed by atoms with van der Waals surface area (Å²) < 4.78 is 5.86. The number of benzene rings is 2. The van der Waals surface area contributed by atoms with Gasteiger partial charge in [-0.1, -0.05) is 54.1 Å². The molecule has 0 amide bonds. The zero-order chi connectivity index (χ0) is 14.4. The van der Waals surface area contributed by atoms with Gasteiger partial charge in [0.15, 0.2) is 0 Å². The lowest BCUT2D eigenvalue weighted by atomic mass is 9.99. The van der Waals surface area contributed by atoms with Gasteiger partial charge in [-0.15, -0.1) is 0 Å². The van der Waals surface area contributed by atoms with Crippen molar-refractivity contribution in [3.05, 3.63) is 70.8 Å². The SMILES string of the molecule is CNC(COCc1ccccc1)c1cc(C)ccc1C. The van der Waals surface area contributed by atoms with E-state index in [1.165, 1.54) is 22.3 Å². The van der Waals surface area contributed by atoms with Gasteiger partial charge < -0.3 is 10.1 Å². The minimum absolute atomic E-state index is 0.235. The highest BCUT2D eigenvalue weighted by molar-refractivity contribution is 5.33. The lowest BCUT2D eigenvalue weighted by Crippen LogP contribution is -2.22. The van der Waals surface area contributed by atoms with Crippen LogP contribution in [0.2, 0.25) is 0 Å². The predicted octanol–water partition coefficient (Wildman–Crippen LogP) is 3.78. The van der Waals surface area contributed by atoms with Gasteiger partial charge in [0.2, 0.25) is 0 Å². The third kappa shape index (κ3) is 3.92. The van der Waals surface area contributed by atoms with Crippen LogP contribution < -0.4 is 5.32 Å². The molecule has 0 aromatic heterocycles. The molecule has 2 aromatic carbocycles. The Morgan fingerprint density at radius 2 is 1.80 bits per heavy atom. The van der Waals surface area contributed by atoms with E-state index in [2.05, 4.69) is 49.5 Å². The molecule has 20 heavy (non-hydrogen) atoms. The summed E-state index contributed by atoms with van der Waals surface area (Å²) in [6, 6.07) is 17.1. The van der Waals surface area contributed by atoms with Gasteiger partial charge in [-0.25, -0.2) is 0 Å². The van der Waals surface area contributed by atoms with Crippen LogP contribution in [0.15, 0.2) is 48.5 Å². The maximum atomic E-state index is 5.86. The van der Waals surface area contributed by atoms with Crippen molar-refractivity contribution in [2.24, 2.45) is 0 Å². The largest absolute Gasteiger partial charge is 0.375 e. The number of aryl methyl sites for hydroxylation is 2. The molecular formula is C18H23NO. The molecule has 0 aliphatic rings. The molecule has 0 aliphatic carbocycles. The third-order valence-corrected chi connectivity index (χ3v) is 3.55. The summed E-state index contributed by atoms with van der Waals surface area (Å²) in [6.07, 6.45) is 0. The molecule has 0 spiro atoms. The average Bonchev–Trinajstić information content (AvgIpc) is 2.48. The molecule has 0 heterocycles. The fourth-order valence-electron chi connectivity index (χ4n) is 2.33. The first kappa shape index (κ1) is 14.8. The number of rotatable bonds is 6. The highest BCUT2D eigenvalue weighted by Crippen LogP contribution is 2.19. The second kappa shape index (κ2) is 7.22. The number of hydrogen-bond acceptors (Lipinski definition) is 2. The Balaban J connectivity index is 1.97. The highest BCUT2D eigenvalue weighted by atomic mass is 16.5. The summed E-state index contributed by atoms with van der Waals surface area (Å²) in [7, 11) is 1.98. The van der Waals surface area contributed by atoms with Crippen molar-refractivity contribution in [2.45, 2.75) is 26.5 Å². The quantitative estimate of drug-likeness (QED) is 0.861. The summed E-state index contributed by atoms with van der Waals surface area (Å²) >= 11 is 0. The summed E-state index contributed by atoms with van der Waals surface area (Å²) in [4.78, 5) is 0.